The fraction of sp³-hybridized carbons (Fsp3) is 0.200. The second-order valence-electron chi connectivity index (χ2n) is 5.87. The Kier molecular flexibility index (Phi) is 6.39. The van der Waals surface area contributed by atoms with Gasteiger partial charge in [0.05, 0.1) is 4.90 Å². The van der Waals surface area contributed by atoms with Gasteiger partial charge in [-0.3, -0.25) is 0 Å². The summed E-state index contributed by atoms with van der Waals surface area (Å²) in [6.07, 6.45) is 0.298. The zero-order chi connectivity index (χ0) is 19.2. The van der Waals surface area contributed by atoms with E-state index in [1.807, 2.05) is 42.8 Å². The van der Waals surface area contributed by atoms with Crippen LogP contribution < -0.4 is 4.72 Å². The maximum Gasteiger partial charge on any atom is 0.421 e. The number of aryl methyl sites for hydroxylation is 2. The minimum absolute atomic E-state index is 0.00172. The van der Waals surface area contributed by atoms with Gasteiger partial charge in [0.25, 0.3) is 10.0 Å². The lowest BCUT2D eigenvalue weighted by molar-refractivity contribution is 0.104. The Morgan fingerprint density at radius 1 is 1.19 bits per heavy atom. The Bertz CT molecular complexity index is 927. The van der Waals surface area contributed by atoms with Gasteiger partial charge >= 0.3 is 6.09 Å². The molecular weight excluding hydrogens is 350 g/mol. The molecule has 0 fully saturated rings. The van der Waals surface area contributed by atoms with Crippen LogP contribution in [0.25, 0.3) is 0 Å². The molecule has 0 saturated heterocycles. The standard InChI is InChI=1S/C20H21NO4S/c1-4-5-9-19(17-8-6-7-16(3)14-17)25-20(22)21-26(23,24)18-12-10-15(2)11-13-18/h5-8,10-14,19H,1,9H2,2-3H3,(H,21,22). The first-order valence-electron chi connectivity index (χ1n) is 8.03. The number of hydrogen-bond acceptors (Lipinski definition) is 4. The largest absolute Gasteiger partial charge is 0.440 e. The van der Waals surface area contributed by atoms with Crippen molar-refractivity contribution in [3.05, 3.63) is 83.6 Å². The Morgan fingerprint density at radius 2 is 1.88 bits per heavy atom. The molecule has 1 unspecified atom stereocenters. The minimum Gasteiger partial charge on any atom is -0.440 e. The van der Waals surface area contributed by atoms with E-state index < -0.39 is 22.2 Å². The normalized spacial score (nSPS) is 11.9. The molecule has 0 aliphatic rings. The highest BCUT2D eigenvalue weighted by Gasteiger charge is 2.22. The summed E-state index contributed by atoms with van der Waals surface area (Å²) in [4.78, 5) is 12.2. The molecule has 5 nitrogen and oxygen atoms in total. The zero-order valence-electron chi connectivity index (χ0n) is 14.7. The van der Waals surface area contributed by atoms with Crippen LogP contribution in [0.4, 0.5) is 4.79 Å². The highest BCUT2D eigenvalue weighted by atomic mass is 32.2. The van der Waals surface area contributed by atoms with E-state index in [1.165, 1.54) is 12.1 Å². The van der Waals surface area contributed by atoms with Crippen LogP contribution in [0.2, 0.25) is 0 Å². The smallest absolute Gasteiger partial charge is 0.421 e. The summed E-state index contributed by atoms with van der Waals surface area (Å²) in [5, 5.41) is 0. The van der Waals surface area contributed by atoms with Gasteiger partial charge in [0.15, 0.2) is 0 Å². The number of rotatable bonds is 6. The van der Waals surface area contributed by atoms with E-state index in [0.29, 0.717) is 6.42 Å². The summed E-state index contributed by atoms with van der Waals surface area (Å²) in [5.41, 5.74) is 5.32. The molecule has 0 bridgehead atoms. The molecule has 0 aromatic heterocycles. The van der Waals surface area contributed by atoms with Crippen LogP contribution in [0.15, 0.2) is 71.8 Å². The number of benzene rings is 2. The van der Waals surface area contributed by atoms with E-state index in [4.69, 9.17) is 4.74 Å². The molecule has 0 saturated carbocycles. The van der Waals surface area contributed by atoms with Gasteiger partial charge in [0.1, 0.15) is 6.10 Å². The van der Waals surface area contributed by atoms with Crippen LogP contribution in [-0.4, -0.2) is 14.5 Å². The van der Waals surface area contributed by atoms with E-state index in [9.17, 15) is 13.2 Å². The number of ether oxygens (including phenoxy) is 1. The highest BCUT2D eigenvalue weighted by Crippen LogP contribution is 2.23. The second-order valence-corrected chi connectivity index (χ2v) is 7.55. The third-order valence-corrected chi connectivity index (χ3v) is 5.02. The molecule has 0 radical (unpaired) electrons. The summed E-state index contributed by atoms with van der Waals surface area (Å²) >= 11 is 0. The molecule has 0 spiro atoms. The predicted octanol–water partition coefficient (Wildman–Crippen LogP) is 4.19. The molecule has 2 rings (SSSR count). The SMILES string of the molecule is C=C=CCC(OC(=O)NS(=O)(=O)c1ccc(C)cc1)c1cccc(C)c1. The first-order chi connectivity index (χ1) is 12.3. The van der Waals surface area contributed by atoms with Crippen molar-refractivity contribution < 1.29 is 17.9 Å². The van der Waals surface area contributed by atoms with Crippen molar-refractivity contribution in [2.75, 3.05) is 0 Å². The molecular formula is C20H21NO4S. The van der Waals surface area contributed by atoms with Crippen LogP contribution >= 0.6 is 0 Å². The van der Waals surface area contributed by atoms with Crippen LogP contribution in [0.3, 0.4) is 0 Å². The Labute approximate surface area is 154 Å². The molecule has 2 aromatic rings. The summed E-state index contributed by atoms with van der Waals surface area (Å²) in [6.45, 7) is 7.26. The number of carbonyl (C=O) groups excluding carboxylic acids is 1. The molecule has 1 N–H and O–H groups in total. The van der Waals surface area contributed by atoms with E-state index >= 15 is 0 Å². The quantitative estimate of drug-likeness (QED) is 0.773. The molecule has 6 heteroatoms. The zero-order valence-corrected chi connectivity index (χ0v) is 15.5. The van der Waals surface area contributed by atoms with Gasteiger partial charge in [-0.15, -0.1) is 5.73 Å². The number of sulfonamides is 1. The molecule has 0 aliphatic heterocycles. The molecule has 0 aliphatic carbocycles. The summed E-state index contributed by atoms with van der Waals surface area (Å²) in [5.74, 6) is 0. The van der Waals surface area contributed by atoms with Gasteiger partial charge in [-0.1, -0.05) is 54.1 Å². The van der Waals surface area contributed by atoms with Crippen LogP contribution in [0.1, 0.15) is 29.2 Å². The number of amides is 1. The highest BCUT2D eigenvalue weighted by molar-refractivity contribution is 7.90. The van der Waals surface area contributed by atoms with Crippen molar-refractivity contribution >= 4 is 16.1 Å². The first kappa shape index (κ1) is 19.5. The maximum atomic E-state index is 12.3. The Hall–Kier alpha value is -2.82. The average Bonchev–Trinajstić information content (AvgIpc) is 2.58. The monoisotopic (exact) mass is 371 g/mol. The van der Waals surface area contributed by atoms with Gasteiger partial charge in [-0.25, -0.2) is 17.9 Å². The Morgan fingerprint density at radius 3 is 2.50 bits per heavy atom. The number of carbonyl (C=O) groups is 1. The topological polar surface area (TPSA) is 72.5 Å². The first-order valence-corrected chi connectivity index (χ1v) is 9.51. The summed E-state index contributed by atoms with van der Waals surface area (Å²) < 4.78 is 31.9. The molecule has 0 heterocycles. The van der Waals surface area contributed by atoms with Gasteiger partial charge in [-0.05, 0) is 37.6 Å². The molecule has 1 amide bonds. The summed E-state index contributed by atoms with van der Waals surface area (Å²) in [6, 6.07) is 13.6. The fourth-order valence-electron chi connectivity index (χ4n) is 2.35. The lowest BCUT2D eigenvalue weighted by Gasteiger charge is -2.17. The Balaban J connectivity index is 2.16. The van der Waals surface area contributed by atoms with E-state index in [-0.39, 0.29) is 4.90 Å². The van der Waals surface area contributed by atoms with Crippen molar-refractivity contribution in [1.82, 2.24) is 4.72 Å². The lowest BCUT2D eigenvalue weighted by Crippen LogP contribution is -2.32. The lowest BCUT2D eigenvalue weighted by atomic mass is 10.0. The molecule has 136 valence electrons. The summed E-state index contributed by atoms with van der Waals surface area (Å²) in [7, 11) is -4.00. The van der Waals surface area contributed by atoms with Crippen molar-refractivity contribution in [1.29, 1.82) is 0 Å². The maximum absolute atomic E-state index is 12.3. The predicted molar refractivity (Wildman–Crippen MR) is 100 cm³/mol. The van der Waals surface area contributed by atoms with Gasteiger partial charge in [0.2, 0.25) is 0 Å². The number of hydrogen-bond donors (Lipinski definition) is 1. The van der Waals surface area contributed by atoms with E-state index in [2.05, 4.69) is 12.3 Å². The third-order valence-electron chi connectivity index (χ3n) is 3.69. The van der Waals surface area contributed by atoms with Crippen molar-refractivity contribution in [2.24, 2.45) is 0 Å². The van der Waals surface area contributed by atoms with E-state index in [1.54, 1.807) is 18.2 Å². The van der Waals surface area contributed by atoms with Crippen LogP contribution in [0, 0.1) is 13.8 Å². The molecule has 2 aromatic carbocycles. The number of nitrogens with one attached hydrogen (secondary N) is 1. The van der Waals surface area contributed by atoms with Gasteiger partial charge < -0.3 is 4.74 Å². The van der Waals surface area contributed by atoms with Crippen LogP contribution in [0.5, 0.6) is 0 Å². The van der Waals surface area contributed by atoms with Gasteiger partial charge in [-0.2, -0.15) is 0 Å². The molecule has 1 atom stereocenters. The molecule has 26 heavy (non-hydrogen) atoms. The van der Waals surface area contributed by atoms with E-state index in [0.717, 1.165) is 16.7 Å². The second kappa shape index (κ2) is 8.52. The van der Waals surface area contributed by atoms with Crippen molar-refractivity contribution in [3.8, 4) is 0 Å². The van der Waals surface area contributed by atoms with Gasteiger partial charge in [0, 0.05) is 6.42 Å². The minimum atomic E-state index is -4.00. The fourth-order valence-corrected chi connectivity index (χ4v) is 3.23. The third kappa shape index (κ3) is 5.34. The van der Waals surface area contributed by atoms with Crippen molar-refractivity contribution in [2.45, 2.75) is 31.3 Å². The van der Waals surface area contributed by atoms with Crippen molar-refractivity contribution in [3.63, 3.8) is 0 Å². The average molecular weight is 371 g/mol. The van der Waals surface area contributed by atoms with Crippen LogP contribution in [-0.2, 0) is 14.8 Å².